The minimum absolute atomic E-state index is 0.0129. The zero-order valence-corrected chi connectivity index (χ0v) is 14.1. The maximum absolute atomic E-state index is 11.4. The van der Waals surface area contributed by atoms with Gasteiger partial charge in [-0.15, -0.1) is 0 Å². The number of hydrogen-bond donors (Lipinski definition) is 2. The van der Waals surface area contributed by atoms with Crippen LogP contribution < -0.4 is 10.1 Å². The lowest BCUT2D eigenvalue weighted by molar-refractivity contribution is 0.101. The largest absolute Gasteiger partial charge is 0.491 e. The van der Waals surface area contributed by atoms with E-state index in [0.29, 0.717) is 24.4 Å². The minimum Gasteiger partial charge on any atom is -0.491 e. The van der Waals surface area contributed by atoms with E-state index < -0.39 is 6.10 Å². The molecule has 1 unspecified atom stereocenters. The number of ether oxygens (including phenoxy) is 1. The molecule has 0 amide bonds. The lowest BCUT2D eigenvalue weighted by Crippen LogP contribution is -2.31. The molecule has 0 aliphatic heterocycles. The molecule has 130 valence electrons. The van der Waals surface area contributed by atoms with E-state index >= 15 is 0 Å². The molecule has 0 bridgehead atoms. The summed E-state index contributed by atoms with van der Waals surface area (Å²) in [5.74, 6) is 0.566. The Hall–Kier alpha value is -2.63. The highest BCUT2D eigenvalue weighted by molar-refractivity contribution is 5.94. The molecule has 0 aliphatic carbocycles. The third kappa shape index (κ3) is 4.47. The molecule has 0 radical (unpaired) electrons. The van der Waals surface area contributed by atoms with Gasteiger partial charge in [0.2, 0.25) is 0 Å². The molecule has 0 saturated carbocycles. The van der Waals surface area contributed by atoms with Crippen LogP contribution >= 0.6 is 0 Å². The van der Waals surface area contributed by atoms with E-state index in [2.05, 4.69) is 5.32 Å². The highest BCUT2D eigenvalue weighted by Crippen LogP contribution is 2.19. The summed E-state index contributed by atoms with van der Waals surface area (Å²) in [4.78, 5) is 11.4. The highest BCUT2D eigenvalue weighted by atomic mass is 16.5. The first-order chi connectivity index (χ1) is 12.1. The Bertz CT molecular complexity index is 856. The second-order valence-corrected chi connectivity index (χ2v) is 5.93. The Kier molecular flexibility index (Phi) is 5.48. The number of rotatable bonds is 8. The number of aliphatic hydroxyl groups excluding tert-OH is 1. The van der Waals surface area contributed by atoms with Gasteiger partial charge in [0.1, 0.15) is 24.0 Å². The van der Waals surface area contributed by atoms with Crippen LogP contribution in [-0.2, 0) is 6.54 Å². The molecule has 1 atom stereocenters. The van der Waals surface area contributed by atoms with E-state index in [0.717, 1.165) is 16.5 Å². The number of furan rings is 1. The van der Waals surface area contributed by atoms with Crippen molar-refractivity contribution in [2.45, 2.75) is 19.6 Å². The van der Waals surface area contributed by atoms with Crippen molar-refractivity contribution in [1.82, 2.24) is 5.32 Å². The van der Waals surface area contributed by atoms with Crippen molar-refractivity contribution in [2.75, 3.05) is 13.2 Å². The Morgan fingerprint density at radius 1 is 1.24 bits per heavy atom. The Morgan fingerprint density at radius 2 is 2.08 bits per heavy atom. The zero-order valence-electron chi connectivity index (χ0n) is 14.1. The molecule has 0 saturated heterocycles. The molecule has 2 N–H and O–H groups in total. The van der Waals surface area contributed by atoms with Gasteiger partial charge >= 0.3 is 0 Å². The minimum atomic E-state index is -0.649. The van der Waals surface area contributed by atoms with Gasteiger partial charge in [-0.3, -0.25) is 4.79 Å². The highest BCUT2D eigenvalue weighted by Gasteiger charge is 2.08. The van der Waals surface area contributed by atoms with Gasteiger partial charge in [-0.2, -0.15) is 0 Å². The average Bonchev–Trinajstić information content (AvgIpc) is 3.10. The molecule has 0 fully saturated rings. The predicted octanol–water partition coefficient (Wildman–Crippen LogP) is 3.16. The van der Waals surface area contributed by atoms with Gasteiger partial charge in [-0.05, 0) is 36.8 Å². The van der Waals surface area contributed by atoms with Gasteiger partial charge in [0.05, 0.1) is 6.26 Å². The fourth-order valence-electron chi connectivity index (χ4n) is 2.64. The van der Waals surface area contributed by atoms with Crippen molar-refractivity contribution in [3.05, 3.63) is 65.9 Å². The number of Topliss-reactive ketones (excluding diaryl/α,β-unsaturated/α-hetero) is 1. The van der Waals surface area contributed by atoms with Crippen molar-refractivity contribution in [3.8, 4) is 5.75 Å². The number of carbonyl (C=O) groups excluding carboxylic acids is 1. The summed E-state index contributed by atoms with van der Waals surface area (Å²) in [6.45, 7) is 2.71. The SMILES string of the molecule is CC(=O)c1cccc(OCC(O)CNCc2cccc3occc23)c1. The standard InChI is InChI=1S/C20H21NO4/c1-14(22)15-4-2-6-18(10-15)25-13-17(23)12-21-11-16-5-3-7-20-19(16)8-9-24-20/h2-10,17,21,23H,11-13H2,1H3. The lowest BCUT2D eigenvalue weighted by Gasteiger charge is -2.14. The number of fused-ring (bicyclic) bond motifs is 1. The van der Waals surface area contributed by atoms with Crippen LogP contribution in [0.2, 0.25) is 0 Å². The number of ketones is 1. The summed E-state index contributed by atoms with van der Waals surface area (Å²) >= 11 is 0. The number of aliphatic hydroxyl groups is 1. The Morgan fingerprint density at radius 3 is 2.92 bits per heavy atom. The number of nitrogens with one attached hydrogen (secondary N) is 1. The van der Waals surface area contributed by atoms with E-state index in [4.69, 9.17) is 9.15 Å². The molecule has 5 nitrogen and oxygen atoms in total. The molecule has 0 spiro atoms. The Labute approximate surface area is 146 Å². The first kappa shape index (κ1) is 17.2. The third-order valence-electron chi connectivity index (χ3n) is 3.96. The molecule has 1 heterocycles. The molecular weight excluding hydrogens is 318 g/mol. The summed E-state index contributed by atoms with van der Waals surface area (Å²) < 4.78 is 10.9. The van der Waals surface area contributed by atoms with E-state index in [1.165, 1.54) is 6.92 Å². The van der Waals surface area contributed by atoms with Crippen molar-refractivity contribution < 1.29 is 19.1 Å². The molecular formula is C20H21NO4. The van der Waals surface area contributed by atoms with Gasteiger partial charge in [-0.25, -0.2) is 0 Å². The van der Waals surface area contributed by atoms with Gasteiger partial charge in [0.15, 0.2) is 5.78 Å². The average molecular weight is 339 g/mol. The van der Waals surface area contributed by atoms with Crippen LogP contribution in [0.25, 0.3) is 11.0 Å². The molecule has 3 rings (SSSR count). The maximum Gasteiger partial charge on any atom is 0.159 e. The lowest BCUT2D eigenvalue weighted by atomic mass is 10.1. The number of carbonyl (C=O) groups is 1. The molecule has 2 aromatic carbocycles. The maximum atomic E-state index is 11.4. The predicted molar refractivity (Wildman–Crippen MR) is 95.9 cm³/mol. The quantitative estimate of drug-likeness (QED) is 0.617. The summed E-state index contributed by atoms with van der Waals surface area (Å²) in [6.07, 6.45) is 1.02. The third-order valence-corrected chi connectivity index (χ3v) is 3.96. The first-order valence-electron chi connectivity index (χ1n) is 8.21. The van der Waals surface area contributed by atoms with Crippen LogP contribution in [-0.4, -0.2) is 30.1 Å². The second kappa shape index (κ2) is 7.96. The fraction of sp³-hybridized carbons (Fsp3) is 0.250. The van der Waals surface area contributed by atoms with Crippen LogP contribution in [0.15, 0.2) is 59.2 Å². The van der Waals surface area contributed by atoms with Crippen LogP contribution in [0.4, 0.5) is 0 Å². The van der Waals surface area contributed by atoms with Crippen LogP contribution in [0.5, 0.6) is 5.75 Å². The van der Waals surface area contributed by atoms with Crippen LogP contribution in [0.3, 0.4) is 0 Å². The van der Waals surface area contributed by atoms with E-state index in [-0.39, 0.29) is 12.4 Å². The Balaban J connectivity index is 1.47. The van der Waals surface area contributed by atoms with Crippen LogP contribution in [0.1, 0.15) is 22.8 Å². The van der Waals surface area contributed by atoms with Gasteiger partial charge in [-0.1, -0.05) is 24.3 Å². The normalized spacial score (nSPS) is 12.2. The van der Waals surface area contributed by atoms with Crippen molar-refractivity contribution in [1.29, 1.82) is 0 Å². The summed E-state index contributed by atoms with van der Waals surface area (Å²) in [5.41, 5.74) is 2.57. The van der Waals surface area contributed by atoms with Crippen molar-refractivity contribution in [3.63, 3.8) is 0 Å². The first-order valence-corrected chi connectivity index (χ1v) is 8.21. The molecule has 25 heavy (non-hydrogen) atoms. The van der Waals surface area contributed by atoms with Gasteiger partial charge in [0, 0.05) is 24.0 Å². The van der Waals surface area contributed by atoms with E-state index in [9.17, 15) is 9.90 Å². The van der Waals surface area contributed by atoms with E-state index in [1.807, 2.05) is 24.3 Å². The smallest absolute Gasteiger partial charge is 0.159 e. The summed E-state index contributed by atoms with van der Waals surface area (Å²) in [6, 6.07) is 14.8. The molecule has 5 heteroatoms. The zero-order chi connectivity index (χ0) is 17.6. The molecule has 0 aliphatic rings. The molecule has 3 aromatic rings. The van der Waals surface area contributed by atoms with E-state index in [1.54, 1.807) is 30.5 Å². The van der Waals surface area contributed by atoms with Gasteiger partial charge < -0.3 is 19.6 Å². The second-order valence-electron chi connectivity index (χ2n) is 5.93. The number of hydrogen-bond acceptors (Lipinski definition) is 5. The van der Waals surface area contributed by atoms with Crippen molar-refractivity contribution in [2.24, 2.45) is 0 Å². The van der Waals surface area contributed by atoms with Gasteiger partial charge in [0.25, 0.3) is 0 Å². The monoisotopic (exact) mass is 339 g/mol. The summed E-state index contributed by atoms with van der Waals surface area (Å²) in [7, 11) is 0. The molecule has 1 aromatic heterocycles. The summed E-state index contributed by atoms with van der Waals surface area (Å²) in [5, 5.41) is 14.4. The number of benzene rings is 2. The van der Waals surface area contributed by atoms with Crippen molar-refractivity contribution >= 4 is 16.8 Å². The topological polar surface area (TPSA) is 71.7 Å². The van der Waals surface area contributed by atoms with Crippen LogP contribution in [0, 0.1) is 0 Å². The fourth-order valence-corrected chi connectivity index (χ4v) is 2.64.